The molecule has 0 bridgehead atoms. The number of nitrogens with one attached hydrogen (secondary N) is 1. The zero-order valence-corrected chi connectivity index (χ0v) is 62.1. The second-order valence-electron chi connectivity index (χ2n) is 29.6. The summed E-state index contributed by atoms with van der Waals surface area (Å²) < 4.78 is 34.5. The minimum atomic E-state index is -1.97. The number of unbranched alkanes of at least 4 members (excludes halogenated alkanes) is 48. The van der Waals surface area contributed by atoms with Crippen LogP contribution in [-0.2, 0) is 33.2 Å². The molecule has 3 rings (SSSR count). The number of aliphatic hydroxyl groups is 11. The number of amides is 1. The highest BCUT2D eigenvalue weighted by molar-refractivity contribution is 5.76. The average molecular weight is 1400 g/mol. The normalized spacial score (nSPS) is 26.7. The zero-order valence-electron chi connectivity index (χ0n) is 62.1. The summed E-state index contributed by atoms with van der Waals surface area (Å²) in [5.74, 6) is -0.234. The van der Waals surface area contributed by atoms with E-state index in [9.17, 15) is 61.0 Å². The molecule has 0 aliphatic carbocycles. The van der Waals surface area contributed by atoms with Gasteiger partial charge in [0.25, 0.3) is 0 Å². The summed E-state index contributed by atoms with van der Waals surface area (Å²) in [6, 6.07) is -0.885. The third-order valence-corrected chi connectivity index (χ3v) is 20.8. The predicted molar refractivity (Wildman–Crippen MR) is 388 cm³/mol. The molecular formula is C79H151NO18. The number of carbonyl (C=O) groups excluding carboxylic acids is 1. The molecular weight excluding hydrogens is 1250 g/mol. The van der Waals surface area contributed by atoms with Gasteiger partial charge in [0.1, 0.15) is 73.2 Å². The van der Waals surface area contributed by atoms with Crippen molar-refractivity contribution in [3.8, 4) is 0 Å². The Labute approximate surface area is 595 Å². The van der Waals surface area contributed by atoms with E-state index in [2.05, 4.69) is 31.3 Å². The number of hydrogen-bond acceptors (Lipinski definition) is 18. The summed E-state index contributed by atoms with van der Waals surface area (Å²) >= 11 is 0. The third kappa shape index (κ3) is 40.7. The monoisotopic (exact) mass is 1400 g/mol. The Hall–Kier alpha value is -1.47. The van der Waals surface area contributed by atoms with E-state index in [1.54, 1.807) is 0 Å². The van der Waals surface area contributed by atoms with Gasteiger partial charge in [-0.3, -0.25) is 4.79 Å². The van der Waals surface area contributed by atoms with Crippen molar-refractivity contribution in [1.82, 2.24) is 5.32 Å². The van der Waals surface area contributed by atoms with Crippen LogP contribution < -0.4 is 5.32 Å². The molecule has 19 nitrogen and oxygen atoms in total. The van der Waals surface area contributed by atoms with Crippen LogP contribution in [0, 0.1) is 0 Å². The van der Waals surface area contributed by atoms with Gasteiger partial charge >= 0.3 is 0 Å². The van der Waals surface area contributed by atoms with Gasteiger partial charge in [0.05, 0.1) is 38.6 Å². The van der Waals surface area contributed by atoms with Gasteiger partial charge in [0.15, 0.2) is 18.9 Å². The van der Waals surface area contributed by atoms with Gasteiger partial charge in [-0.2, -0.15) is 0 Å². The first-order valence-electron chi connectivity index (χ1n) is 40.9. The van der Waals surface area contributed by atoms with Crippen LogP contribution in [0.25, 0.3) is 0 Å². The van der Waals surface area contributed by atoms with Crippen molar-refractivity contribution >= 4 is 5.91 Å². The highest BCUT2D eigenvalue weighted by atomic mass is 16.8. The molecule has 0 spiro atoms. The molecule has 19 heteroatoms. The quantitative estimate of drug-likeness (QED) is 0.0199. The molecule has 17 atom stereocenters. The summed E-state index contributed by atoms with van der Waals surface area (Å²) in [6.07, 6.45) is 44.5. The SMILES string of the molecule is CCCCCCCCCC/C=C\CCCCCCCCCCCCCCCCCCCCCC(=O)NC(COC1OC(CO)C(OC2OC(CO)C(OC3OC(CO)C(O)C(O)C3O)C(O)C2O)C(O)C1O)C(O)CCCCCCCCCCCCCCCCCCCCCCCC. The van der Waals surface area contributed by atoms with Gasteiger partial charge in [0, 0.05) is 6.42 Å². The Balaban J connectivity index is 1.35. The number of rotatable bonds is 66. The van der Waals surface area contributed by atoms with Crippen molar-refractivity contribution in [3.05, 3.63) is 12.2 Å². The molecule has 0 aromatic heterocycles. The van der Waals surface area contributed by atoms with Gasteiger partial charge in [-0.25, -0.2) is 0 Å². The van der Waals surface area contributed by atoms with Crippen LogP contribution in [0.5, 0.6) is 0 Å². The lowest BCUT2D eigenvalue weighted by molar-refractivity contribution is -0.379. The van der Waals surface area contributed by atoms with Gasteiger partial charge in [-0.05, 0) is 38.5 Å². The first-order valence-corrected chi connectivity index (χ1v) is 40.9. The second-order valence-corrected chi connectivity index (χ2v) is 29.6. The topological polar surface area (TPSA) is 307 Å². The standard InChI is InChI=1S/C79H151NO18/c1-3-5-7-9-11-13-15-17-19-21-23-25-27-28-29-30-31-32-33-34-35-37-39-41-43-45-47-49-51-53-55-57-67(85)80-62(63(84)56-54-52-50-48-46-44-42-40-38-36-26-24-22-20-18-16-14-12-10-8-6-4-2)61-93-77-73(91)70(88)75(65(59-82)95-77)98-79-74(92)71(89)76(66(60-83)96-79)97-78-72(90)69(87)68(86)64(58-81)94-78/h21,23,62-66,68-79,81-84,86-92H,3-20,22,24-61H2,1-2H3,(H,80,85)/b23-21-. The highest BCUT2D eigenvalue weighted by Crippen LogP contribution is 2.33. The van der Waals surface area contributed by atoms with E-state index in [0.29, 0.717) is 12.8 Å². The molecule has 3 heterocycles. The van der Waals surface area contributed by atoms with E-state index in [1.165, 1.54) is 276 Å². The van der Waals surface area contributed by atoms with Gasteiger partial charge < -0.3 is 89.9 Å². The van der Waals surface area contributed by atoms with Crippen LogP contribution in [0.1, 0.15) is 354 Å². The van der Waals surface area contributed by atoms with Crippen LogP contribution in [-0.4, -0.2) is 193 Å². The molecule has 3 fully saturated rings. The molecule has 0 radical (unpaired) electrons. The first kappa shape index (κ1) is 90.7. The largest absolute Gasteiger partial charge is 0.394 e. The van der Waals surface area contributed by atoms with Crippen LogP contribution in [0.2, 0.25) is 0 Å². The second kappa shape index (κ2) is 60.8. The Bertz CT molecular complexity index is 1820. The van der Waals surface area contributed by atoms with Crippen molar-refractivity contribution in [3.63, 3.8) is 0 Å². The number of hydrogen-bond donors (Lipinski definition) is 12. The maximum Gasteiger partial charge on any atom is 0.220 e. The molecule has 3 aliphatic rings. The fraction of sp³-hybridized carbons (Fsp3) is 0.962. The summed E-state index contributed by atoms with van der Waals surface area (Å²) in [7, 11) is 0. The van der Waals surface area contributed by atoms with Crippen LogP contribution in [0.15, 0.2) is 12.2 Å². The molecule has 12 N–H and O–H groups in total. The lowest BCUT2D eigenvalue weighted by Gasteiger charge is -2.48. The van der Waals surface area contributed by atoms with E-state index >= 15 is 0 Å². The Morgan fingerprint density at radius 2 is 0.643 bits per heavy atom. The zero-order chi connectivity index (χ0) is 71.1. The summed E-state index contributed by atoms with van der Waals surface area (Å²) in [5, 5.41) is 121. The average Bonchev–Trinajstić information content (AvgIpc) is 0.785. The highest BCUT2D eigenvalue weighted by Gasteiger charge is 2.54. The Morgan fingerprint density at radius 3 is 0.990 bits per heavy atom. The van der Waals surface area contributed by atoms with Gasteiger partial charge in [-0.15, -0.1) is 0 Å². The van der Waals surface area contributed by atoms with E-state index in [0.717, 1.165) is 44.9 Å². The molecule has 580 valence electrons. The Kier molecular flexibility index (Phi) is 56.3. The maximum atomic E-state index is 13.5. The minimum Gasteiger partial charge on any atom is -0.394 e. The lowest BCUT2D eigenvalue weighted by Crippen LogP contribution is -2.66. The summed E-state index contributed by atoms with van der Waals surface area (Å²) in [5.41, 5.74) is 0. The number of aliphatic hydroxyl groups excluding tert-OH is 11. The molecule has 3 saturated heterocycles. The van der Waals surface area contributed by atoms with E-state index in [-0.39, 0.29) is 18.9 Å². The summed E-state index contributed by atoms with van der Waals surface area (Å²) in [6.45, 7) is 1.86. The molecule has 0 aromatic rings. The predicted octanol–water partition coefficient (Wildman–Crippen LogP) is 13.6. The van der Waals surface area contributed by atoms with E-state index < -0.39 is 124 Å². The van der Waals surface area contributed by atoms with Crippen molar-refractivity contribution in [1.29, 1.82) is 0 Å². The van der Waals surface area contributed by atoms with Crippen molar-refractivity contribution < 1.29 is 89.4 Å². The van der Waals surface area contributed by atoms with Crippen molar-refractivity contribution in [2.75, 3.05) is 26.4 Å². The molecule has 3 aliphatic heterocycles. The van der Waals surface area contributed by atoms with Gasteiger partial charge in [-0.1, -0.05) is 321 Å². The Morgan fingerprint density at radius 1 is 0.357 bits per heavy atom. The van der Waals surface area contributed by atoms with Crippen molar-refractivity contribution in [2.24, 2.45) is 0 Å². The summed E-state index contributed by atoms with van der Waals surface area (Å²) in [4.78, 5) is 13.5. The minimum absolute atomic E-state index is 0.234. The number of allylic oxidation sites excluding steroid dienone is 2. The fourth-order valence-corrected chi connectivity index (χ4v) is 14.3. The molecule has 0 saturated carbocycles. The number of carbonyl (C=O) groups is 1. The molecule has 17 unspecified atom stereocenters. The van der Waals surface area contributed by atoms with Crippen LogP contribution in [0.4, 0.5) is 0 Å². The first-order chi connectivity index (χ1) is 47.8. The molecule has 98 heavy (non-hydrogen) atoms. The van der Waals surface area contributed by atoms with E-state index in [1.807, 2.05) is 0 Å². The smallest absolute Gasteiger partial charge is 0.220 e. The third-order valence-electron chi connectivity index (χ3n) is 20.8. The lowest BCUT2D eigenvalue weighted by atomic mass is 9.96. The van der Waals surface area contributed by atoms with Crippen molar-refractivity contribution in [2.45, 2.75) is 458 Å². The van der Waals surface area contributed by atoms with Crippen LogP contribution >= 0.6 is 0 Å². The molecule has 0 aromatic carbocycles. The maximum absolute atomic E-state index is 13.5. The van der Waals surface area contributed by atoms with Crippen LogP contribution in [0.3, 0.4) is 0 Å². The van der Waals surface area contributed by atoms with E-state index in [4.69, 9.17) is 28.4 Å². The fourth-order valence-electron chi connectivity index (χ4n) is 14.3. The molecule has 1 amide bonds. The number of ether oxygens (including phenoxy) is 6. The van der Waals surface area contributed by atoms with Gasteiger partial charge in [0.2, 0.25) is 5.91 Å².